The quantitative estimate of drug-likeness (QED) is 0.0978. The molecular weight excluding hydrogens is 516 g/mol. The Morgan fingerprint density at radius 3 is 2.40 bits per heavy atom. The van der Waals surface area contributed by atoms with E-state index in [1.807, 2.05) is 13.8 Å². The van der Waals surface area contributed by atoms with Crippen LogP contribution in [0, 0.1) is 5.41 Å². The molecule has 0 saturated carbocycles. The van der Waals surface area contributed by atoms with Crippen LogP contribution in [0.1, 0.15) is 41.8 Å². The number of carboxylic acids is 1. The summed E-state index contributed by atoms with van der Waals surface area (Å²) in [6.07, 6.45) is 1.17. The number of nitrogen functional groups attached to an aromatic ring is 2. The van der Waals surface area contributed by atoms with Crippen LogP contribution in [0.25, 0.3) is 11.3 Å². The topological polar surface area (TPSA) is 218 Å². The van der Waals surface area contributed by atoms with E-state index in [0.29, 0.717) is 11.1 Å². The number of rotatable bonds is 12. The van der Waals surface area contributed by atoms with Gasteiger partial charge in [-0.1, -0.05) is 24.3 Å². The van der Waals surface area contributed by atoms with Gasteiger partial charge in [0.15, 0.2) is 5.82 Å². The van der Waals surface area contributed by atoms with Gasteiger partial charge in [0.25, 0.3) is 11.5 Å². The van der Waals surface area contributed by atoms with Gasteiger partial charge in [0.1, 0.15) is 12.4 Å². The Balaban J connectivity index is 1.91. The lowest BCUT2D eigenvalue weighted by Crippen LogP contribution is -2.35. The molecule has 0 radical (unpaired) electrons. The highest BCUT2D eigenvalue weighted by atomic mass is 16.4. The number of amides is 2. The van der Waals surface area contributed by atoms with Crippen LogP contribution in [0.15, 0.2) is 53.5 Å². The van der Waals surface area contributed by atoms with E-state index in [1.54, 1.807) is 30.3 Å². The number of aliphatic carboxylic acids is 1. The Hall–Kier alpha value is -5.20. The van der Waals surface area contributed by atoms with E-state index >= 15 is 0 Å². The van der Waals surface area contributed by atoms with Crippen LogP contribution in [0.4, 0.5) is 11.5 Å². The van der Waals surface area contributed by atoms with Crippen molar-refractivity contribution in [1.82, 2.24) is 20.2 Å². The van der Waals surface area contributed by atoms with Gasteiger partial charge >= 0.3 is 5.97 Å². The normalized spacial score (nSPS) is 10.7. The highest BCUT2D eigenvalue weighted by molar-refractivity contribution is 5.97. The second kappa shape index (κ2) is 13.0. The Morgan fingerprint density at radius 1 is 1.07 bits per heavy atom. The minimum Gasteiger partial charge on any atom is -0.481 e. The number of hydrogen-bond donors (Lipinski definition) is 7. The molecule has 1 heterocycles. The van der Waals surface area contributed by atoms with E-state index in [-0.39, 0.29) is 60.7 Å². The summed E-state index contributed by atoms with van der Waals surface area (Å²) in [5.41, 5.74) is 13.3. The summed E-state index contributed by atoms with van der Waals surface area (Å²) in [6, 6.07) is 11.2. The largest absolute Gasteiger partial charge is 0.481 e. The molecule has 13 heteroatoms. The van der Waals surface area contributed by atoms with E-state index in [9.17, 15) is 19.2 Å². The monoisotopic (exact) mass is 548 g/mol. The van der Waals surface area contributed by atoms with Crippen LogP contribution in [0.3, 0.4) is 0 Å². The van der Waals surface area contributed by atoms with E-state index in [1.165, 1.54) is 22.9 Å². The third kappa shape index (κ3) is 7.90. The molecule has 0 bridgehead atoms. The van der Waals surface area contributed by atoms with Gasteiger partial charge in [0.05, 0.1) is 18.3 Å². The van der Waals surface area contributed by atoms with E-state index in [4.69, 9.17) is 22.0 Å². The highest BCUT2D eigenvalue weighted by Crippen LogP contribution is 2.23. The van der Waals surface area contributed by atoms with Gasteiger partial charge in [-0.25, -0.2) is 4.98 Å². The summed E-state index contributed by atoms with van der Waals surface area (Å²) in [7, 11) is 0. The zero-order chi connectivity index (χ0) is 29.4. The smallest absolute Gasteiger partial charge is 0.305 e. The van der Waals surface area contributed by atoms with Crippen LogP contribution in [-0.2, 0) is 22.7 Å². The SMILES string of the molecule is CC(C)Nc1ncc(-c2cc(N)cc(C(=O)NCCC(=O)O)c2)n(CC(=O)NCc2ccc(C(=N)N)cc2)c1=O. The maximum Gasteiger partial charge on any atom is 0.305 e. The van der Waals surface area contributed by atoms with Crippen LogP contribution in [-0.4, -0.2) is 50.9 Å². The number of carbonyl (C=O) groups is 3. The van der Waals surface area contributed by atoms with Gasteiger partial charge in [-0.3, -0.25) is 29.2 Å². The number of anilines is 2. The number of amidine groups is 1. The fourth-order valence-electron chi connectivity index (χ4n) is 3.77. The summed E-state index contributed by atoms with van der Waals surface area (Å²) in [5, 5.41) is 24.6. The Labute approximate surface area is 230 Å². The van der Waals surface area contributed by atoms with Crippen LogP contribution in [0.5, 0.6) is 0 Å². The molecule has 0 fully saturated rings. The predicted octanol–water partition coefficient (Wildman–Crippen LogP) is 1.12. The molecule has 13 nitrogen and oxygen atoms in total. The molecule has 2 amide bonds. The third-order valence-electron chi connectivity index (χ3n) is 5.67. The minimum atomic E-state index is -1.05. The predicted molar refractivity (Wildman–Crippen MR) is 151 cm³/mol. The molecule has 0 atom stereocenters. The van der Waals surface area contributed by atoms with Gasteiger partial charge in [0.2, 0.25) is 5.91 Å². The molecule has 0 aliphatic heterocycles. The maximum atomic E-state index is 13.4. The molecule has 0 saturated heterocycles. The third-order valence-corrected chi connectivity index (χ3v) is 5.67. The van der Waals surface area contributed by atoms with Gasteiger partial charge in [-0.05, 0) is 37.6 Å². The number of carboxylic acid groups (broad SMARTS) is 1. The van der Waals surface area contributed by atoms with Gasteiger partial charge in [-0.15, -0.1) is 0 Å². The second-order valence-electron chi connectivity index (χ2n) is 9.31. The molecular formula is C27H32N8O5. The van der Waals surface area contributed by atoms with Crippen molar-refractivity contribution in [2.45, 2.75) is 39.4 Å². The second-order valence-corrected chi connectivity index (χ2v) is 9.31. The first kappa shape index (κ1) is 29.4. The molecule has 0 aliphatic carbocycles. The summed E-state index contributed by atoms with van der Waals surface area (Å²) in [4.78, 5) is 53.9. The zero-order valence-electron chi connectivity index (χ0n) is 22.2. The van der Waals surface area contributed by atoms with Crippen molar-refractivity contribution >= 4 is 35.1 Å². The summed E-state index contributed by atoms with van der Waals surface area (Å²) in [6.45, 7) is 3.46. The first-order chi connectivity index (χ1) is 18.9. The standard InChI is InChI=1S/C27H32N8O5/c1-15(2)34-25-27(40)35(14-22(36)32-12-16-3-5-17(6-4-16)24(29)30)21(13-33-25)18-9-19(11-20(28)10-18)26(39)31-8-7-23(37)38/h3-6,9-11,13,15H,7-8,12,14,28H2,1-2H3,(H3,29,30)(H,31,39)(H,32,36)(H,33,34)(H,37,38). The van der Waals surface area contributed by atoms with Crippen molar-refractivity contribution in [3.8, 4) is 11.3 Å². The lowest BCUT2D eigenvalue weighted by molar-refractivity contribution is -0.136. The molecule has 9 N–H and O–H groups in total. The number of aromatic nitrogens is 2. The molecule has 3 rings (SSSR count). The van der Waals surface area contributed by atoms with Crippen molar-refractivity contribution in [3.63, 3.8) is 0 Å². The number of benzene rings is 2. The number of carbonyl (C=O) groups excluding carboxylic acids is 2. The first-order valence-electron chi connectivity index (χ1n) is 12.4. The molecule has 0 unspecified atom stereocenters. The van der Waals surface area contributed by atoms with Crippen molar-refractivity contribution in [1.29, 1.82) is 5.41 Å². The highest BCUT2D eigenvalue weighted by Gasteiger charge is 2.18. The lowest BCUT2D eigenvalue weighted by atomic mass is 10.1. The zero-order valence-corrected chi connectivity index (χ0v) is 22.2. The molecule has 3 aromatic rings. The Bertz CT molecular complexity index is 1480. The number of nitrogens with two attached hydrogens (primary N) is 2. The maximum absolute atomic E-state index is 13.4. The van der Waals surface area contributed by atoms with Crippen LogP contribution >= 0.6 is 0 Å². The number of nitrogens with zero attached hydrogens (tertiary/aromatic N) is 2. The van der Waals surface area contributed by atoms with Gasteiger partial charge < -0.3 is 32.5 Å². The Morgan fingerprint density at radius 2 is 1.77 bits per heavy atom. The van der Waals surface area contributed by atoms with Crippen molar-refractivity contribution in [3.05, 3.63) is 75.7 Å². The fourth-order valence-corrected chi connectivity index (χ4v) is 3.77. The molecule has 0 aliphatic rings. The first-order valence-corrected chi connectivity index (χ1v) is 12.4. The summed E-state index contributed by atoms with van der Waals surface area (Å²) in [5.74, 6) is -2.04. The fraction of sp³-hybridized carbons (Fsp3) is 0.259. The average molecular weight is 549 g/mol. The average Bonchev–Trinajstić information content (AvgIpc) is 2.89. The van der Waals surface area contributed by atoms with Crippen molar-refractivity contribution in [2.75, 3.05) is 17.6 Å². The van der Waals surface area contributed by atoms with Gasteiger partial charge in [-0.2, -0.15) is 0 Å². The van der Waals surface area contributed by atoms with Gasteiger partial charge in [0, 0.05) is 41.5 Å². The van der Waals surface area contributed by atoms with Crippen LogP contribution < -0.4 is 33.0 Å². The summed E-state index contributed by atoms with van der Waals surface area (Å²) >= 11 is 0. The van der Waals surface area contributed by atoms with Crippen molar-refractivity contribution < 1.29 is 19.5 Å². The number of nitrogens with one attached hydrogen (secondary N) is 4. The molecule has 210 valence electrons. The van der Waals surface area contributed by atoms with E-state index in [2.05, 4.69) is 20.9 Å². The Kier molecular flexibility index (Phi) is 9.57. The van der Waals surface area contributed by atoms with Crippen molar-refractivity contribution in [2.24, 2.45) is 5.73 Å². The molecule has 40 heavy (non-hydrogen) atoms. The molecule has 0 spiro atoms. The lowest BCUT2D eigenvalue weighted by Gasteiger charge is -2.17. The number of hydrogen-bond acceptors (Lipinski definition) is 8. The van der Waals surface area contributed by atoms with Crippen LogP contribution in [0.2, 0.25) is 0 Å². The summed E-state index contributed by atoms with van der Waals surface area (Å²) < 4.78 is 1.24. The van der Waals surface area contributed by atoms with E-state index < -0.39 is 23.3 Å². The molecule has 1 aromatic heterocycles. The molecule has 2 aromatic carbocycles. The minimum absolute atomic E-state index is 0.0573. The van der Waals surface area contributed by atoms with E-state index in [0.717, 1.165) is 5.56 Å².